The summed E-state index contributed by atoms with van der Waals surface area (Å²) in [6, 6.07) is 0. The molecule has 2 atom stereocenters. The van der Waals surface area contributed by atoms with E-state index < -0.39 is 6.10 Å². The van der Waals surface area contributed by atoms with Gasteiger partial charge in [0.25, 0.3) is 0 Å². The quantitative estimate of drug-likeness (QED) is 0.370. The second-order valence-corrected chi connectivity index (χ2v) is 5.03. The molecule has 5 heteroatoms. The zero-order valence-corrected chi connectivity index (χ0v) is 11.9. The Morgan fingerprint density at radius 2 is 1.63 bits per heavy atom. The van der Waals surface area contributed by atoms with Crippen molar-refractivity contribution in [1.82, 2.24) is 0 Å². The molecule has 0 radical (unpaired) electrons. The SMILES string of the molecule is CC(O)CCCCCCCCC(=O)OCC(O)CO. The number of unbranched alkanes of at least 4 members (excludes halogenated alkanes) is 5. The normalized spacial score (nSPS) is 14.1. The molecular weight excluding hydrogens is 248 g/mol. The fraction of sp³-hybridized carbons (Fsp3) is 0.929. The van der Waals surface area contributed by atoms with Gasteiger partial charge in [0.05, 0.1) is 12.7 Å². The van der Waals surface area contributed by atoms with Crippen LogP contribution in [0.1, 0.15) is 58.3 Å². The van der Waals surface area contributed by atoms with Crippen LogP contribution in [-0.4, -0.2) is 46.7 Å². The van der Waals surface area contributed by atoms with Gasteiger partial charge < -0.3 is 20.1 Å². The first-order chi connectivity index (χ1) is 9.06. The summed E-state index contributed by atoms with van der Waals surface area (Å²) in [5.74, 6) is -0.318. The van der Waals surface area contributed by atoms with E-state index in [1.54, 1.807) is 6.92 Å². The van der Waals surface area contributed by atoms with Crippen molar-refractivity contribution in [3.05, 3.63) is 0 Å². The van der Waals surface area contributed by atoms with Gasteiger partial charge in [-0.05, 0) is 19.8 Å². The lowest BCUT2D eigenvalue weighted by Crippen LogP contribution is -2.21. The van der Waals surface area contributed by atoms with Gasteiger partial charge in [-0.15, -0.1) is 0 Å². The monoisotopic (exact) mass is 276 g/mol. The van der Waals surface area contributed by atoms with Crippen molar-refractivity contribution in [2.75, 3.05) is 13.2 Å². The topological polar surface area (TPSA) is 87.0 Å². The standard InChI is InChI=1S/C14H28O5/c1-12(16)8-6-4-2-3-5-7-9-14(18)19-11-13(17)10-15/h12-13,15-17H,2-11H2,1H3. The summed E-state index contributed by atoms with van der Waals surface area (Å²) < 4.78 is 4.79. The Morgan fingerprint density at radius 3 is 2.21 bits per heavy atom. The number of ether oxygens (including phenoxy) is 1. The van der Waals surface area contributed by atoms with E-state index in [4.69, 9.17) is 20.1 Å². The Labute approximate surface area is 115 Å². The Bertz CT molecular complexity index is 218. The predicted octanol–water partition coefficient (Wildman–Crippen LogP) is 1.38. The molecule has 0 aliphatic carbocycles. The number of carbonyl (C=O) groups excluding carboxylic acids is 1. The van der Waals surface area contributed by atoms with Crippen LogP contribution < -0.4 is 0 Å². The molecule has 0 heterocycles. The molecular formula is C14H28O5. The van der Waals surface area contributed by atoms with E-state index in [-0.39, 0.29) is 25.3 Å². The van der Waals surface area contributed by atoms with Crippen LogP contribution in [0.15, 0.2) is 0 Å². The Morgan fingerprint density at radius 1 is 1.05 bits per heavy atom. The van der Waals surface area contributed by atoms with Crippen LogP contribution in [0.4, 0.5) is 0 Å². The van der Waals surface area contributed by atoms with E-state index in [0.717, 1.165) is 44.9 Å². The maximum Gasteiger partial charge on any atom is 0.305 e. The molecule has 0 aromatic heterocycles. The van der Waals surface area contributed by atoms with Crippen LogP contribution in [0.3, 0.4) is 0 Å². The average molecular weight is 276 g/mol. The number of aliphatic hydroxyl groups is 3. The van der Waals surface area contributed by atoms with Crippen molar-refractivity contribution in [1.29, 1.82) is 0 Å². The van der Waals surface area contributed by atoms with Gasteiger partial charge in [0.15, 0.2) is 0 Å². The summed E-state index contributed by atoms with van der Waals surface area (Å²) in [6.07, 6.45) is 6.23. The first-order valence-corrected chi connectivity index (χ1v) is 7.19. The largest absolute Gasteiger partial charge is 0.463 e. The van der Waals surface area contributed by atoms with Gasteiger partial charge >= 0.3 is 5.97 Å². The zero-order valence-electron chi connectivity index (χ0n) is 11.9. The fourth-order valence-electron chi connectivity index (χ4n) is 1.73. The summed E-state index contributed by atoms with van der Waals surface area (Å²) in [7, 11) is 0. The third-order valence-electron chi connectivity index (χ3n) is 2.90. The number of aliphatic hydroxyl groups excluding tert-OH is 3. The van der Waals surface area contributed by atoms with Crippen molar-refractivity contribution in [2.24, 2.45) is 0 Å². The maximum atomic E-state index is 11.2. The fourth-order valence-corrected chi connectivity index (χ4v) is 1.73. The molecule has 114 valence electrons. The third kappa shape index (κ3) is 13.6. The van der Waals surface area contributed by atoms with E-state index >= 15 is 0 Å². The average Bonchev–Trinajstić information content (AvgIpc) is 2.38. The molecule has 0 bridgehead atoms. The van der Waals surface area contributed by atoms with E-state index in [9.17, 15) is 4.79 Å². The maximum absolute atomic E-state index is 11.2. The van der Waals surface area contributed by atoms with E-state index in [2.05, 4.69) is 0 Å². The molecule has 0 spiro atoms. The lowest BCUT2D eigenvalue weighted by Gasteiger charge is -2.08. The Balaban J connectivity index is 3.23. The van der Waals surface area contributed by atoms with Crippen LogP contribution in [0.25, 0.3) is 0 Å². The van der Waals surface area contributed by atoms with Crippen molar-refractivity contribution in [3.63, 3.8) is 0 Å². The summed E-state index contributed by atoms with van der Waals surface area (Å²) >= 11 is 0. The molecule has 0 aromatic carbocycles. The minimum absolute atomic E-state index is 0.130. The molecule has 0 saturated heterocycles. The zero-order chi connectivity index (χ0) is 14.5. The van der Waals surface area contributed by atoms with Gasteiger partial charge in [0.1, 0.15) is 12.7 Å². The van der Waals surface area contributed by atoms with E-state index in [1.807, 2.05) is 0 Å². The summed E-state index contributed by atoms with van der Waals surface area (Å²) in [5, 5.41) is 26.6. The van der Waals surface area contributed by atoms with Crippen LogP contribution >= 0.6 is 0 Å². The van der Waals surface area contributed by atoms with Crippen LogP contribution in [0, 0.1) is 0 Å². The minimum atomic E-state index is -0.974. The highest BCUT2D eigenvalue weighted by atomic mass is 16.5. The second-order valence-electron chi connectivity index (χ2n) is 5.03. The number of hydrogen-bond acceptors (Lipinski definition) is 5. The highest BCUT2D eigenvalue weighted by molar-refractivity contribution is 5.69. The lowest BCUT2D eigenvalue weighted by atomic mass is 10.1. The molecule has 0 aromatic rings. The molecule has 3 N–H and O–H groups in total. The summed E-state index contributed by atoms with van der Waals surface area (Å²) in [5.41, 5.74) is 0. The van der Waals surface area contributed by atoms with Gasteiger partial charge in [0, 0.05) is 6.42 Å². The molecule has 0 rings (SSSR count). The van der Waals surface area contributed by atoms with Crippen LogP contribution in [0.5, 0.6) is 0 Å². The van der Waals surface area contributed by atoms with Crippen molar-refractivity contribution in [3.8, 4) is 0 Å². The number of esters is 1. The minimum Gasteiger partial charge on any atom is -0.463 e. The van der Waals surface area contributed by atoms with E-state index in [1.165, 1.54) is 0 Å². The van der Waals surface area contributed by atoms with Crippen molar-refractivity contribution >= 4 is 5.97 Å². The molecule has 0 aliphatic heterocycles. The number of rotatable bonds is 12. The van der Waals surface area contributed by atoms with Gasteiger partial charge in [0.2, 0.25) is 0 Å². The molecule has 0 saturated carbocycles. The predicted molar refractivity (Wildman–Crippen MR) is 72.7 cm³/mol. The molecule has 0 amide bonds. The summed E-state index contributed by atoms with van der Waals surface area (Å²) in [6.45, 7) is 1.29. The van der Waals surface area contributed by atoms with Crippen LogP contribution in [0.2, 0.25) is 0 Å². The van der Waals surface area contributed by atoms with Crippen LogP contribution in [-0.2, 0) is 9.53 Å². The smallest absolute Gasteiger partial charge is 0.305 e. The first kappa shape index (κ1) is 18.4. The van der Waals surface area contributed by atoms with Gasteiger partial charge in [-0.2, -0.15) is 0 Å². The second kappa shape index (κ2) is 12.4. The highest BCUT2D eigenvalue weighted by Gasteiger charge is 2.07. The van der Waals surface area contributed by atoms with E-state index in [0.29, 0.717) is 6.42 Å². The summed E-state index contributed by atoms with van der Waals surface area (Å²) in [4.78, 5) is 11.2. The highest BCUT2D eigenvalue weighted by Crippen LogP contribution is 2.10. The lowest BCUT2D eigenvalue weighted by molar-refractivity contribution is -0.147. The van der Waals surface area contributed by atoms with Gasteiger partial charge in [-0.1, -0.05) is 32.1 Å². The number of carbonyl (C=O) groups is 1. The van der Waals surface area contributed by atoms with Crippen molar-refractivity contribution < 1.29 is 24.9 Å². The number of hydrogen-bond donors (Lipinski definition) is 3. The Kier molecular flexibility index (Phi) is 12.0. The van der Waals surface area contributed by atoms with Gasteiger partial charge in [-0.3, -0.25) is 4.79 Å². The van der Waals surface area contributed by atoms with Gasteiger partial charge in [-0.25, -0.2) is 0 Å². The molecule has 2 unspecified atom stereocenters. The third-order valence-corrected chi connectivity index (χ3v) is 2.90. The molecule has 5 nitrogen and oxygen atoms in total. The molecule has 0 fully saturated rings. The molecule has 0 aliphatic rings. The van der Waals surface area contributed by atoms with Crippen molar-refractivity contribution in [2.45, 2.75) is 70.5 Å². The first-order valence-electron chi connectivity index (χ1n) is 7.19. The Hall–Kier alpha value is -0.650. The molecule has 19 heavy (non-hydrogen) atoms.